The highest BCUT2D eigenvalue weighted by Gasteiger charge is 2.09. The molecule has 0 saturated heterocycles. The molecule has 1 heterocycles. The molecule has 0 spiro atoms. The van der Waals surface area contributed by atoms with Gasteiger partial charge in [-0.15, -0.1) is 0 Å². The number of rotatable bonds is 10. The molecule has 1 N–H and O–H groups in total. The van der Waals surface area contributed by atoms with Crippen molar-refractivity contribution in [3.8, 4) is 0 Å². The summed E-state index contributed by atoms with van der Waals surface area (Å²) in [6, 6.07) is 2.10. The smallest absolute Gasteiger partial charge is 0.0641 e. The summed E-state index contributed by atoms with van der Waals surface area (Å²) in [5.41, 5.74) is 2.52. The van der Waals surface area contributed by atoms with Crippen LogP contribution in [-0.2, 0) is 11.3 Å². The Kier molecular flexibility index (Phi) is 8.23. The number of hydrogen-bond donors (Lipinski definition) is 1. The van der Waals surface area contributed by atoms with E-state index < -0.39 is 0 Å². The van der Waals surface area contributed by atoms with E-state index in [1.54, 1.807) is 0 Å². The van der Waals surface area contributed by atoms with E-state index in [-0.39, 0.29) is 0 Å². The van der Waals surface area contributed by atoms with Crippen LogP contribution >= 0.6 is 0 Å². The van der Waals surface area contributed by atoms with Crippen molar-refractivity contribution >= 4 is 5.69 Å². The quantitative estimate of drug-likeness (QED) is 0.668. The molecular formula is C16H29N3O. The summed E-state index contributed by atoms with van der Waals surface area (Å²) < 4.78 is 5.46. The Hall–Kier alpha value is -1.13. The molecule has 0 unspecified atom stereocenters. The molecular weight excluding hydrogens is 250 g/mol. The summed E-state index contributed by atoms with van der Waals surface area (Å²) in [6.07, 6.45) is 3.83. The van der Waals surface area contributed by atoms with Crippen LogP contribution in [0, 0.1) is 5.92 Å². The first-order valence-electron chi connectivity index (χ1n) is 7.65. The van der Waals surface area contributed by atoms with Crippen LogP contribution in [0.3, 0.4) is 0 Å². The van der Waals surface area contributed by atoms with Gasteiger partial charge in [-0.1, -0.05) is 13.8 Å². The van der Waals surface area contributed by atoms with Crippen LogP contribution in [0.4, 0.5) is 5.69 Å². The monoisotopic (exact) mass is 279 g/mol. The largest absolute Gasteiger partial charge is 0.380 e. The molecule has 1 aromatic heterocycles. The fourth-order valence-electron chi connectivity index (χ4n) is 2.11. The second kappa shape index (κ2) is 9.72. The van der Waals surface area contributed by atoms with Crippen LogP contribution in [0.2, 0.25) is 0 Å². The lowest BCUT2D eigenvalue weighted by atomic mass is 10.2. The van der Waals surface area contributed by atoms with E-state index in [0.717, 1.165) is 39.4 Å². The van der Waals surface area contributed by atoms with Gasteiger partial charge < -0.3 is 15.0 Å². The van der Waals surface area contributed by atoms with E-state index >= 15 is 0 Å². The topological polar surface area (TPSA) is 37.4 Å². The van der Waals surface area contributed by atoms with Gasteiger partial charge in [-0.25, -0.2) is 0 Å². The zero-order valence-electron chi connectivity index (χ0n) is 13.4. The lowest BCUT2D eigenvalue weighted by Gasteiger charge is -2.25. The van der Waals surface area contributed by atoms with Gasteiger partial charge in [-0.2, -0.15) is 0 Å². The van der Waals surface area contributed by atoms with Gasteiger partial charge in [-0.05, 0) is 37.9 Å². The average molecular weight is 279 g/mol. The Balaban J connectivity index is 2.65. The number of nitrogens with one attached hydrogen (secondary N) is 1. The van der Waals surface area contributed by atoms with Crippen LogP contribution in [0.25, 0.3) is 0 Å². The fraction of sp³-hybridized carbons (Fsp3) is 0.688. The summed E-state index contributed by atoms with van der Waals surface area (Å²) in [6.45, 7) is 14.0. The van der Waals surface area contributed by atoms with E-state index in [0.29, 0.717) is 5.92 Å². The third-order valence-electron chi connectivity index (χ3n) is 3.19. The molecule has 0 amide bonds. The number of hydrogen-bond acceptors (Lipinski definition) is 4. The van der Waals surface area contributed by atoms with Crippen molar-refractivity contribution in [3.63, 3.8) is 0 Å². The highest BCUT2D eigenvalue weighted by molar-refractivity contribution is 5.51. The molecule has 4 heteroatoms. The molecule has 114 valence electrons. The Morgan fingerprint density at radius 3 is 2.80 bits per heavy atom. The van der Waals surface area contributed by atoms with Gasteiger partial charge in [0.05, 0.1) is 18.5 Å². The molecule has 0 fully saturated rings. The molecule has 0 aliphatic rings. The van der Waals surface area contributed by atoms with Crippen molar-refractivity contribution in [2.75, 3.05) is 37.7 Å². The number of nitrogens with zero attached hydrogens (tertiary/aromatic N) is 2. The highest BCUT2D eigenvalue weighted by atomic mass is 16.5. The predicted octanol–water partition coefficient (Wildman–Crippen LogP) is 2.69. The first-order chi connectivity index (χ1) is 9.69. The summed E-state index contributed by atoms with van der Waals surface area (Å²) in [5, 5.41) is 3.50. The molecule has 0 bridgehead atoms. The van der Waals surface area contributed by atoms with E-state index in [2.05, 4.69) is 42.0 Å². The Morgan fingerprint density at radius 1 is 1.35 bits per heavy atom. The van der Waals surface area contributed by atoms with E-state index in [4.69, 9.17) is 4.74 Å². The Bertz CT molecular complexity index is 368. The summed E-state index contributed by atoms with van der Waals surface area (Å²) in [7, 11) is 0. The molecule has 0 aliphatic heterocycles. The minimum atomic E-state index is 0.667. The van der Waals surface area contributed by atoms with Gasteiger partial charge in [-0.3, -0.25) is 4.98 Å². The van der Waals surface area contributed by atoms with Gasteiger partial charge in [0.2, 0.25) is 0 Å². The van der Waals surface area contributed by atoms with Gasteiger partial charge in [0.1, 0.15) is 0 Å². The minimum Gasteiger partial charge on any atom is -0.380 e. The van der Waals surface area contributed by atoms with Gasteiger partial charge in [0.15, 0.2) is 0 Å². The zero-order valence-corrected chi connectivity index (χ0v) is 13.4. The van der Waals surface area contributed by atoms with E-state index in [9.17, 15) is 0 Å². The lowest BCUT2D eigenvalue weighted by Crippen LogP contribution is -2.29. The normalized spacial score (nSPS) is 11.1. The first kappa shape index (κ1) is 16.9. The van der Waals surface area contributed by atoms with Crippen LogP contribution in [0.1, 0.15) is 33.3 Å². The van der Waals surface area contributed by atoms with Crippen LogP contribution in [0.5, 0.6) is 0 Å². The van der Waals surface area contributed by atoms with Crippen molar-refractivity contribution in [2.24, 2.45) is 5.92 Å². The Morgan fingerprint density at radius 2 is 2.15 bits per heavy atom. The fourth-order valence-corrected chi connectivity index (χ4v) is 2.11. The minimum absolute atomic E-state index is 0.667. The molecule has 20 heavy (non-hydrogen) atoms. The second-order valence-corrected chi connectivity index (χ2v) is 5.31. The lowest BCUT2D eigenvalue weighted by molar-refractivity contribution is 0.154. The van der Waals surface area contributed by atoms with Crippen molar-refractivity contribution in [3.05, 3.63) is 24.0 Å². The molecule has 1 rings (SSSR count). The summed E-state index contributed by atoms with van der Waals surface area (Å²) >= 11 is 0. The molecule has 0 atom stereocenters. The number of likely N-dealkylation sites (N-methyl/N-ethyl adjacent to an activating group) is 1. The molecule has 0 saturated carbocycles. The number of aromatic nitrogens is 1. The predicted molar refractivity (Wildman–Crippen MR) is 85.2 cm³/mol. The van der Waals surface area contributed by atoms with Crippen LogP contribution in [-0.4, -0.2) is 37.8 Å². The van der Waals surface area contributed by atoms with Crippen molar-refractivity contribution in [2.45, 2.75) is 34.2 Å². The van der Waals surface area contributed by atoms with Gasteiger partial charge in [0, 0.05) is 32.4 Å². The SMILES string of the molecule is CCOCCN(CC)c1cnccc1CNCC(C)C. The van der Waals surface area contributed by atoms with Gasteiger partial charge in [0.25, 0.3) is 0 Å². The third-order valence-corrected chi connectivity index (χ3v) is 3.19. The molecule has 4 nitrogen and oxygen atoms in total. The van der Waals surface area contributed by atoms with Crippen molar-refractivity contribution in [1.29, 1.82) is 0 Å². The Labute approximate surface area is 123 Å². The maximum Gasteiger partial charge on any atom is 0.0641 e. The summed E-state index contributed by atoms with van der Waals surface area (Å²) in [4.78, 5) is 6.60. The number of ether oxygens (including phenoxy) is 1. The van der Waals surface area contributed by atoms with Crippen LogP contribution in [0.15, 0.2) is 18.5 Å². The highest BCUT2D eigenvalue weighted by Crippen LogP contribution is 2.18. The van der Waals surface area contributed by atoms with E-state index in [1.165, 1.54) is 11.3 Å². The van der Waals surface area contributed by atoms with Crippen molar-refractivity contribution in [1.82, 2.24) is 10.3 Å². The average Bonchev–Trinajstić information content (AvgIpc) is 2.44. The summed E-state index contributed by atoms with van der Waals surface area (Å²) in [5.74, 6) is 0.667. The van der Waals surface area contributed by atoms with Gasteiger partial charge >= 0.3 is 0 Å². The molecule has 1 aromatic rings. The first-order valence-corrected chi connectivity index (χ1v) is 7.65. The maximum absolute atomic E-state index is 5.46. The number of anilines is 1. The van der Waals surface area contributed by atoms with Crippen molar-refractivity contribution < 1.29 is 4.74 Å². The number of pyridine rings is 1. The van der Waals surface area contributed by atoms with Crippen LogP contribution < -0.4 is 10.2 Å². The third kappa shape index (κ3) is 5.88. The molecule has 0 aromatic carbocycles. The zero-order chi connectivity index (χ0) is 14.8. The van der Waals surface area contributed by atoms with E-state index in [1.807, 2.05) is 19.3 Å². The molecule has 0 aliphatic carbocycles. The standard InChI is InChI=1S/C16H29N3O/c1-5-19(9-10-20-6-2)16-13-17-8-7-15(16)12-18-11-14(3)4/h7-8,13-14,18H,5-6,9-12H2,1-4H3. The maximum atomic E-state index is 5.46. The second-order valence-electron chi connectivity index (χ2n) is 5.31. The molecule has 0 radical (unpaired) electrons.